The average Bonchev–Trinajstić information content (AvgIpc) is 3.37. The molecule has 0 fully saturated rings. The smallest absolute Gasteiger partial charge is 0.259 e. The maximum atomic E-state index is 13.6. The largest absolute Gasteiger partial charge is 0.347 e. The van der Waals surface area contributed by atoms with E-state index in [-0.39, 0.29) is 18.4 Å². The van der Waals surface area contributed by atoms with Crippen LogP contribution in [0.3, 0.4) is 0 Å². The van der Waals surface area contributed by atoms with Gasteiger partial charge in [-0.15, -0.1) is 11.3 Å². The van der Waals surface area contributed by atoms with Crippen LogP contribution in [0, 0.1) is 0 Å². The molecule has 5 rings (SSSR count). The highest BCUT2D eigenvalue weighted by atomic mass is 35.5. The van der Waals surface area contributed by atoms with E-state index in [9.17, 15) is 13.8 Å². The molecule has 5 nitrogen and oxygen atoms in total. The van der Waals surface area contributed by atoms with E-state index in [4.69, 9.17) is 11.6 Å². The maximum Gasteiger partial charge on any atom is 0.259 e. The number of rotatable bonds is 5. The van der Waals surface area contributed by atoms with Crippen molar-refractivity contribution in [2.45, 2.75) is 22.9 Å². The molecule has 0 bridgehead atoms. The number of amides is 2. The molecule has 1 aliphatic heterocycles. The Balaban J connectivity index is 1.56. The van der Waals surface area contributed by atoms with E-state index in [2.05, 4.69) is 5.32 Å². The van der Waals surface area contributed by atoms with Gasteiger partial charge in [-0.05, 0) is 59.5 Å². The summed E-state index contributed by atoms with van der Waals surface area (Å²) in [5.74, 6) is -0.531. The first-order valence-electron chi connectivity index (χ1n) is 10.5. The lowest BCUT2D eigenvalue weighted by Crippen LogP contribution is -2.31. The molecule has 0 aliphatic carbocycles. The van der Waals surface area contributed by atoms with Crippen molar-refractivity contribution in [1.29, 1.82) is 0 Å². The fourth-order valence-corrected chi connectivity index (χ4v) is 5.93. The number of anilines is 1. The molecular weight excluding hydrogens is 488 g/mol. The van der Waals surface area contributed by atoms with Gasteiger partial charge in [0.05, 0.1) is 44.9 Å². The summed E-state index contributed by atoms with van der Waals surface area (Å²) in [4.78, 5) is 30.1. The Labute approximate surface area is 208 Å². The van der Waals surface area contributed by atoms with Crippen LogP contribution in [0.15, 0.2) is 94.0 Å². The monoisotopic (exact) mass is 506 g/mol. The van der Waals surface area contributed by atoms with Crippen molar-refractivity contribution in [2.24, 2.45) is 0 Å². The van der Waals surface area contributed by atoms with Gasteiger partial charge in [0.1, 0.15) is 0 Å². The topological polar surface area (TPSA) is 66.5 Å². The van der Waals surface area contributed by atoms with Crippen molar-refractivity contribution in [3.05, 3.63) is 111 Å². The predicted molar refractivity (Wildman–Crippen MR) is 135 cm³/mol. The van der Waals surface area contributed by atoms with Gasteiger partial charge >= 0.3 is 0 Å². The minimum absolute atomic E-state index is 0.245. The van der Waals surface area contributed by atoms with E-state index in [1.54, 1.807) is 70.8 Å². The number of halogens is 1. The molecule has 34 heavy (non-hydrogen) atoms. The minimum atomic E-state index is -1.57. The molecule has 1 unspecified atom stereocenters. The van der Waals surface area contributed by atoms with Crippen LogP contribution in [0.25, 0.3) is 0 Å². The number of nitrogens with zero attached hydrogens (tertiary/aromatic N) is 1. The van der Waals surface area contributed by atoms with Crippen LogP contribution < -0.4 is 10.2 Å². The van der Waals surface area contributed by atoms with Crippen LogP contribution in [0.5, 0.6) is 0 Å². The molecule has 1 aromatic heterocycles. The Morgan fingerprint density at radius 2 is 1.76 bits per heavy atom. The van der Waals surface area contributed by atoms with Gasteiger partial charge in [-0.1, -0.05) is 41.9 Å². The number of hydrogen-bond acceptors (Lipinski definition) is 4. The zero-order valence-corrected chi connectivity index (χ0v) is 20.3. The Hall–Kier alpha value is -3.26. The van der Waals surface area contributed by atoms with Gasteiger partial charge in [-0.3, -0.25) is 9.59 Å². The summed E-state index contributed by atoms with van der Waals surface area (Å²) in [5, 5.41) is 5.47. The van der Waals surface area contributed by atoms with E-state index in [0.717, 1.165) is 10.4 Å². The summed E-state index contributed by atoms with van der Waals surface area (Å²) in [6, 6.07) is 23.0. The third kappa shape index (κ3) is 4.42. The van der Waals surface area contributed by atoms with Crippen LogP contribution in [-0.2, 0) is 23.9 Å². The fraction of sp³-hybridized carbons (Fsp3) is 0.0769. The molecule has 3 aromatic carbocycles. The molecule has 2 amide bonds. The molecule has 170 valence electrons. The van der Waals surface area contributed by atoms with Crippen LogP contribution >= 0.6 is 22.9 Å². The van der Waals surface area contributed by atoms with Crippen LogP contribution in [0.1, 0.15) is 31.2 Å². The highest BCUT2D eigenvalue weighted by Crippen LogP contribution is 2.36. The molecule has 0 radical (unpaired) electrons. The van der Waals surface area contributed by atoms with Gasteiger partial charge in [0, 0.05) is 15.5 Å². The standard InChI is InChI=1S/C26H19ClN2O3S2/c27-19-10-7-17(8-11-19)16-29-22-14-18(25(30)28-15-20-4-3-13-33-20)9-12-24(22)34(32)23-6-2-1-5-21(23)26(29)31/h1-14H,15-16H2,(H,28,30). The molecule has 0 spiro atoms. The SMILES string of the molecule is O=C(NCc1cccs1)c1ccc2c(c1)N(Cc1ccc(Cl)cc1)C(=O)c1ccccc1S2=O. The first-order valence-corrected chi connectivity index (χ1v) is 12.9. The lowest BCUT2D eigenvalue weighted by molar-refractivity contribution is 0.0947. The second kappa shape index (κ2) is 9.54. The molecule has 1 N–H and O–H groups in total. The van der Waals surface area contributed by atoms with Gasteiger partial charge in [0.25, 0.3) is 11.8 Å². The molecule has 1 atom stereocenters. The van der Waals surface area contributed by atoms with E-state index >= 15 is 0 Å². The van der Waals surface area contributed by atoms with Gasteiger partial charge in [-0.2, -0.15) is 0 Å². The van der Waals surface area contributed by atoms with Gasteiger partial charge in [-0.25, -0.2) is 4.21 Å². The van der Waals surface area contributed by atoms with Crippen molar-refractivity contribution in [2.75, 3.05) is 4.90 Å². The van der Waals surface area contributed by atoms with Crippen LogP contribution in [0.4, 0.5) is 5.69 Å². The quantitative estimate of drug-likeness (QED) is 0.380. The molecule has 0 saturated heterocycles. The van der Waals surface area contributed by atoms with E-state index in [1.165, 1.54) is 0 Å². The predicted octanol–water partition coefficient (Wildman–Crippen LogP) is 5.66. The van der Waals surface area contributed by atoms with Crippen molar-refractivity contribution >= 4 is 51.2 Å². The zero-order valence-electron chi connectivity index (χ0n) is 17.9. The van der Waals surface area contributed by atoms with Crippen molar-refractivity contribution in [1.82, 2.24) is 5.32 Å². The first-order chi connectivity index (χ1) is 16.5. The highest BCUT2D eigenvalue weighted by Gasteiger charge is 2.31. The Bertz CT molecular complexity index is 1400. The first kappa shape index (κ1) is 22.5. The number of carbonyl (C=O) groups is 2. The lowest BCUT2D eigenvalue weighted by Gasteiger charge is -2.23. The van der Waals surface area contributed by atoms with Gasteiger partial charge < -0.3 is 10.2 Å². The molecule has 8 heteroatoms. The second-order valence-corrected chi connectivity index (χ2v) is 10.6. The van der Waals surface area contributed by atoms with Crippen molar-refractivity contribution in [3.63, 3.8) is 0 Å². The summed E-state index contributed by atoms with van der Waals surface area (Å²) in [5.41, 5.74) is 2.10. The lowest BCUT2D eigenvalue weighted by atomic mass is 10.1. The summed E-state index contributed by atoms with van der Waals surface area (Å²) in [6.45, 7) is 0.660. The third-order valence-electron chi connectivity index (χ3n) is 5.53. The number of fused-ring (bicyclic) bond motifs is 2. The van der Waals surface area contributed by atoms with Gasteiger partial charge in [0.2, 0.25) is 0 Å². The number of carbonyl (C=O) groups excluding carboxylic acids is 2. The molecule has 2 heterocycles. The zero-order chi connectivity index (χ0) is 23.7. The number of thiophene rings is 1. The maximum absolute atomic E-state index is 13.6. The van der Waals surface area contributed by atoms with Crippen molar-refractivity contribution in [3.8, 4) is 0 Å². The Morgan fingerprint density at radius 3 is 2.53 bits per heavy atom. The van der Waals surface area contributed by atoms with E-state index in [1.807, 2.05) is 29.6 Å². The molecule has 1 aliphatic rings. The molecule has 4 aromatic rings. The van der Waals surface area contributed by atoms with Crippen LogP contribution in [0.2, 0.25) is 5.02 Å². The number of benzene rings is 3. The van der Waals surface area contributed by atoms with E-state index in [0.29, 0.717) is 38.2 Å². The fourth-order valence-electron chi connectivity index (χ4n) is 3.82. The summed E-state index contributed by atoms with van der Waals surface area (Å²) in [7, 11) is -1.57. The van der Waals surface area contributed by atoms with Crippen molar-refractivity contribution < 1.29 is 13.8 Å². The van der Waals surface area contributed by atoms with Crippen LogP contribution in [-0.4, -0.2) is 16.0 Å². The Morgan fingerprint density at radius 1 is 0.971 bits per heavy atom. The van der Waals surface area contributed by atoms with Gasteiger partial charge in [0.15, 0.2) is 0 Å². The molecular formula is C26H19ClN2O3S2. The summed E-state index contributed by atoms with van der Waals surface area (Å²) >= 11 is 7.60. The van der Waals surface area contributed by atoms with E-state index < -0.39 is 10.8 Å². The highest BCUT2D eigenvalue weighted by molar-refractivity contribution is 7.85. The summed E-state index contributed by atoms with van der Waals surface area (Å²) in [6.07, 6.45) is 0. The normalized spacial score (nSPS) is 14.8. The third-order valence-corrected chi connectivity index (χ3v) is 8.16. The second-order valence-electron chi connectivity index (χ2n) is 7.73. The average molecular weight is 507 g/mol. The number of hydrogen-bond donors (Lipinski definition) is 1. The Kier molecular flexibility index (Phi) is 6.32. The minimum Gasteiger partial charge on any atom is -0.347 e. The summed E-state index contributed by atoms with van der Waals surface area (Å²) < 4.78 is 13.5. The molecule has 0 saturated carbocycles. The number of nitrogens with one attached hydrogen (secondary N) is 1.